The fourth-order valence-electron chi connectivity index (χ4n) is 3.14. The molecule has 0 radical (unpaired) electrons. The lowest BCUT2D eigenvalue weighted by Gasteiger charge is -2.36. The van der Waals surface area contributed by atoms with Gasteiger partial charge in [0.2, 0.25) is 0 Å². The Balaban J connectivity index is 1.69. The van der Waals surface area contributed by atoms with Gasteiger partial charge in [-0.25, -0.2) is 13.8 Å². The Morgan fingerprint density at radius 3 is 2.96 bits per heavy atom. The number of aromatic nitrogens is 3. The van der Waals surface area contributed by atoms with Crippen LogP contribution in [-0.2, 0) is 6.54 Å². The van der Waals surface area contributed by atoms with E-state index >= 15 is 0 Å². The van der Waals surface area contributed by atoms with Gasteiger partial charge in [0, 0.05) is 18.2 Å². The van der Waals surface area contributed by atoms with Gasteiger partial charge >= 0.3 is 0 Å². The van der Waals surface area contributed by atoms with Crippen LogP contribution in [0.1, 0.15) is 30.9 Å². The van der Waals surface area contributed by atoms with Crippen LogP contribution in [0.15, 0.2) is 30.9 Å². The maximum atomic E-state index is 13.8. The van der Waals surface area contributed by atoms with Crippen LogP contribution >= 0.6 is 0 Å². The maximum Gasteiger partial charge on any atom is 0.137 e. The zero-order valence-electron chi connectivity index (χ0n) is 12.8. The van der Waals surface area contributed by atoms with Crippen LogP contribution in [0.4, 0.5) is 8.78 Å². The fourth-order valence-corrected chi connectivity index (χ4v) is 3.14. The van der Waals surface area contributed by atoms with Crippen molar-refractivity contribution in [1.29, 1.82) is 0 Å². The van der Waals surface area contributed by atoms with E-state index in [1.807, 2.05) is 0 Å². The molecule has 0 amide bonds. The van der Waals surface area contributed by atoms with E-state index in [9.17, 15) is 13.9 Å². The van der Waals surface area contributed by atoms with Crippen molar-refractivity contribution in [2.75, 3.05) is 13.1 Å². The number of aliphatic hydroxyl groups excluding tert-OH is 1. The molecule has 1 aliphatic heterocycles. The van der Waals surface area contributed by atoms with Crippen LogP contribution < -0.4 is 0 Å². The van der Waals surface area contributed by atoms with Gasteiger partial charge in [0.15, 0.2) is 0 Å². The van der Waals surface area contributed by atoms with Crippen molar-refractivity contribution in [3.05, 3.63) is 48.1 Å². The van der Waals surface area contributed by atoms with Crippen molar-refractivity contribution in [1.82, 2.24) is 19.7 Å². The van der Waals surface area contributed by atoms with Crippen LogP contribution in [0.25, 0.3) is 0 Å². The van der Waals surface area contributed by atoms with Gasteiger partial charge in [0.25, 0.3) is 0 Å². The van der Waals surface area contributed by atoms with E-state index < -0.39 is 17.7 Å². The van der Waals surface area contributed by atoms with Crippen molar-refractivity contribution in [2.45, 2.75) is 38.0 Å². The molecular formula is C16H20F2N4O. The van der Waals surface area contributed by atoms with Crippen molar-refractivity contribution in [3.63, 3.8) is 0 Å². The zero-order valence-corrected chi connectivity index (χ0v) is 12.8. The molecule has 124 valence electrons. The first kappa shape index (κ1) is 16.0. The van der Waals surface area contributed by atoms with Gasteiger partial charge < -0.3 is 5.11 Å². The molecular weight excluding hydrogens is 302 g/mol. The predicted octanol–water partition coefficient (Wildman–Crippen LogP) is 2.14. The van der Waals surface area contributed by atoms with E-state index in [0.717, 1.165) is 44.0 Å². The summed E-state index contributed by atoms with van der Waals surface area (Å²) >= 11 is 0. The number of β-amino-alcohol motifs (C(OH)–C–C–N with tert-alkyl or cyclic N) is 1. The van der Waals surface area contributed by atoms with E-state index in [-0.39, 0.29) is 18.2 Å². The lowest BCUT2D eigenvalue weighted by Crippen LogP contribution is -2.44. The van der Waals surface area contributed by atoms with Crippen molar-refractivity contribution in [3.8, 4) is 0 Å². The molecule has 0 unspecified atom stereocenters. The summed E-state index contributed by atoms with van der Waals surface area (Å²) in [5, 5.41) is 14.5. The monoisotopic (exact) mass is 322 g/mol. The summed E-state index contributed by atoms with van der Waals surface area (Å²) < 4.78 is 28.9. The van der Waals surface area contributed by atoms with Crippen LogP contribution in [0.2, 0.25) is 0 Å². The summed E-state index contributed by atoms with van der Waals surface area (Å²) in [7, 11) is 0. The molecule has 2 atom stereocenters. The quantitative estimate of drug-likeness (QED) is 0.916. The third-order valence-electron chi connectivity index (χ3n) is 4.34. The minimum atomic E-state index is -1.05. The van der Waals surface area contributed by atoms with Crippen molar-refractivity contribution in [2.24, 2.45) is 0 Å². The van der Waals surface area contributed by atoms with Gasteiger partial charge in [0.05, 0.1) is 12.6 Å². The molecule has 1 saturated heterocycles. The molecule has 0 aliphatic carbocycles. The second-order valence-corrected chi connectivity index (χ2v) is 5.94. The standard InChI is InChI=1S/C16H20F2N4O/c17-12-4-5-15(18)14(7-12)16(23)9-21-6-2-1-3-13(21)8-22-11-19-10-20-22/h4-5,7,10-11,13,16,23H,1-3,6,8-9H2/t13-,16-/m0/s1. The van der Waals surface area contributed by atoms with Gasteiger partial charge in [-0.05, 0) is 37.6 Å². The number of piperidine rings is 1. The van der Waals surface area contributed by atoms with Crippen molar-refractivity contribution < 1.29 is 13.9 Å². The van der Waals surface area contributed by atoms with E-state index in [4.69, 9.17) is 0 Å². The first-order chi connectivity index (χ1) is 11.1. The predicted molar refractivity (Wildman–Crippen MR) is 80.6 cm³/mol. The Morgan fingerprint density at radius 2 is 2.17 bits per heavy atom. The first-order valence-corrected chi connectivity index (χ1v) is 7.83. The van der Waals surface area contributed by atoms with Gasteiger partial charge in [-0.2, -0.15) is 5.10 Å². The first-order valence-electron chi connectivity index (χ1n) is 7.83. The van der Waals surface area contributed by atoms with Crippen LogP contribution in [0.3, 0.4) is 0 Å². The molecule has 23 heavy (non-hydrogen) atoms. The molecule has 1 N–H and O–H groups in total. The summed E-state index contributed by atoms with van der Waals surface area (Å²) in [4.78, 5) is 6.06. The number of hydrogen-bond acceptors (Lipinski definition) is 4. The molecule has 3 rings (SSSR count). The largest absolute Gasteiger partial charge is 0.387 e. The number of rotatable bonds is 5. The third kappa shape index (κ3) is 3.92. The summed E-state index contributed by atoms with van der Waals surface area (Å²) in [5.41, 5.74) is 0.00933. The Labute approximate surface area is 133 Å². The number of aliphatic hydroxyl groups is 1. The van der Waals surface area contributed by atoms with E-state index in [2.05, 4.69) is 15.0 Å². The molecule has 0 spiro atoms. The van der Waals surface area contributed by atoms with Gasteiger partial charge in [0.1, 0.15) is 24.3 Å². The summed E-state index contributed by atoms with van der Waals surface area (Å²) in [6.07, 6.45) is 5.23. The highest BCUT2D eigenvalue weighted by molar-refractivity contribution is 5.21. The molecule has 0 bridgehead atoms. The molecule has 7 heteroatoms. The second-order valence-electron chi connectivity index (χ2n) is 5.94. The van der Waals surface area contributed by atoms with E-state index in [0.29, 0.717) is 6.54 Å². The minimum absolute atomic E-state index is 0.00933. The van der Waals surface area contributed by atoms with Gasteiger partial charge in [-0.3, -0.25) is 9.58 Å². The average Bonchev–Trinajstić information content (AvgIpc) is 3.04. The van der Waals surface area contributed by atoms with E-state index in [1.54, 1.807) is 11.0 Å². The fraction of sp³-hybridized carbons (Fsp3) is 0.500. The Kier molecular flexibility index (Phi) is 4.97. The van der Waals surface area contributed by atoms with Crippen molar-refractivity contribution >= 4 is 0 Å². The van der Waals surface area contributed by atoms with Crippen LogP contribution in [0, 0.1) is 11.6 Å². The molecule has 1 aliphatic rings. The lowest BCUT2D eigenvalue weighted by atomic mass is 10.00. The number of halogens is 2. The molecule has 5 nitrogen and oxygen atoms in total. The minimum Gasteiger partial charge on any atom is -0.387 e. The maximum absolute atomic E-state index is 13.8. The van der Waals surface area contributed by atoms with Crippen LogP contribution in [0.5, 0.6) is 0 Å². The zero-order chi connectivity index (χ0) is 16.2. The highest BCUT2D eigenvalue weighted by Gasteiger charge is 2.26. The third-order valence-corrected chi connectivity index (χ3v) is 4.34. The van der Waals surface area contributed by atoms with Crippen LogP contribution in [-0.4, -0.2) is 43.9 Å². The number of likely N-dealkylation sites (tertiary alicyclic amines) is 1. The molecule has 0 saturated carbocycles. The second kappa shape index (κ2) is 7.14. The Hall–Kier alpha value is -1.86. The Bertz CT molecular complexity index is 635. The smallest absolute Gasteiger partial charge is 0.137 e. The summed E-state index contributed by atoms with van der Waals surface area (Å²) in [6.45, 7) is 1.78. The molecule has 2 aromatic rings. The number of nitrogens with zero attached hydrogens (tertiary/aromatic N) is 4. The molecule has 1 fully saturated rings. The summed E-state index contributed by atoms with van der Waals surface area (Å²) in [6, 6.07) is 3.38. The number of benzene rings is 1. The molecule has 2 heterocycles. The molecule has 1 aromatic carbocycles. The van der Waals surface area contributed by atoms with E-state index in [1.165, 1.54) is 6.33 Å². The van der Waals surface area contributed by atoms with Gasteiger partial charge in [-0.15, -0.1) is 0 Å². The highest BCUT2D eigenvalue weighted by atomic mass is 19.1. The average molecular weight is 322 g/mol. The topological polar surface area (TPSA) is 54.2 Å². The number of hydrogen-bond donors (Lipinski definition) is 1. The lowest BCUT2D eigenvalue weighted by molar-refractivity contribution is 0.0573. The highest BCUT2D eigenvalue weighted by Crippen LogP contribution is 2.24. The summed E-state index contributed by atoms with van der Waals surface area (Å²) in [5.74, 6) is -1.12. The SMILES string of the molecule is O[C@@H](CN1CCCC[C@H]1Cn1cncn1)c1cc(F)ccc1F. The molecule has 1 aromatic heterocycles. The Morgan fingerprint density at radius 1 is 1.30 bits per heavy atom. The normalized spacial score (nSPS) is 20.6. The van der Waals surface area contributed by atoms with Gasteiger partial charge in [-0.1, -0.05) is 6.42 Å².